The van der Waals surface area contributed by atoms with Crippen LogP contribution in [0.3, 0.4) is 0 Å². The fourth-order valence-electron chi connectivity index (χ4n) is 10.2. The summed E-state index contributed by atoms with van der Waals surface area (Å²) in [5.74, 6) is 1.60. The van der Waals surface area contributed by atoms with Crippen molar-refractivity contribution in [2.45, 2.75) is 44.9 Å². The van der Waals surface area contributed by atoms with Crippen molar-refractivity contribution in [3.05, 3.63) is 174 Å². The zero-order chi connectivity index (χ0) is 35.4. The number of nitrogens with zero attached hydrogens (tertiary/aromatic N) is 2. The Kier molecular flexibility index (Phi) is 6.50. The van der Waals surface area contributed by atoms with Crippen LogP contribution >= 0.6 is 0 Å². The number of aliphatic imine (C=N–C) groups is 1. The lowest BCUT2D eigenvalue weighted by Crippen LogP contribution is -2.28. The van der Waals surface area contributed by atoms with Crippen molar-refractivity contribution in [3.63, 3.8) is 0 Å². The van der Waals surface area contributed by atoms with Crippen molar-refractivity contribution in [3.8, 4) is 0 Å². The molecule has 2 aliphatic rings. The third-order valence-electron chi connectivity index (χ3n) is 12.8. The lowest BCUT2D eigenvalue weighted by Gasteiger charge is -2.31. The van der Waals surface area contributed by atoms with Crippen LogP contribution in [0.2, 0.25) is 0 Å². The monoisotopic (exact) mass is 680 g/mol. The number of rotatable bonds is 2. The van der Waals surface area contributed by atoms with Crippen LogP contribution in [0.25, 0.3) is 70.6 Å². The van der Waals surface area contributed by atoms with Crippen molar-refractivity contribution < 1.29 is 0 Å². The molecule has 2 atom stereocenters. The van der Waals surface area contributed by atoms with E-state index in [1.54, 1.807) is 0 Å². The first-order valence-corrected chi connectivity index (χ1v) is 19.2. The van der Waals surface area contributed by atoms with Crippen molar-refractivity contribution in [2.75, 3.05) is 0 Å². The molecule has 0 amide bonds. The van der Waals surface area contributed by atoms with E-state index in [-0.39, 0.29) is 11.3 Å². The van der Waals surface area contributed by atoms with Crippen LogP contribution in [-0.2, 0) is 5.41 Å². The van der Waals surface area contributed by atoms with Gasteiger partial charge in [0.2, 0.25) is 0 Å². The van der Waals surface area contributed by atoms with E-state index in [4.69, 9.17) is 4.99 Å². The van der Waals surface area contributed by atoms with Gasteiger partial charge in [-0.05, 0) is 84.9 Å². The number of aromatic nitrogens is 1. The lowest BCUT2D eigenvalue weighted by molar-refractivity contribution is 0.444. The van der Waals surface area contributed by atoms with Gasteiger partial charge in [-0.3, -0.25) is 4.57 Å². The zero-order valence-corrected chi connectivity index (χ0v) is 30.4. The Morgan fingerprint density at radius 2 is 1.19 bits per heavy atom. The fraction of sp³-hybridized carbons (Fsp3) is 0.157. The van der Waals surface area contributed by atoms with Crippen LogP contribution in [0.5, 0.6) is 0 Å². The summed E-state index contributed by atoms with van der Waals surface area (Å²) >= 11 is 0. The molecule has 0 bridgehead atoms. The molecule has 1 aliphatic heterocycles. The van der Waals surface area contributed by atoms with Crippen molar-refractivity contribution >= 4 is 76.4 Å². The van der Waals surface area contributed by atoms with Crippen molar-refractivity contribution in [1.29, 1.82) is 0 Å². The van der Waals surface area contributed by atoms with E-state index in [9.17, 15) is 0 Å². The predicted octanol–water partition coefficient (Wildman–Crippen LogP) is 13.6. The molecule has 0 N–H and O–H groups in total. The average molecular weight is 681 g/mol. The number of hydrogen-bond acceptors (Lipinski definition) is 1. The molecule has 2 nitrogen and oxygen atoms in total. The average Bonchev–Trinajstić information content (AvgIpc) is 3.54. The van der Waals surface area contributed by atoms with E-state index in [0.29, 0.717) is 5.92 Å². The van der Waals surface area contributed by atoms with Gasteiger partial charge >= 0.3 is 0 Å². The number of benzene rings is 8. The van der Waals surface area contributed by atoms with Gasteiger partial charge in [0.15, 0.2) is 0 Å². The van der Waals surface area contributed by atoms with Gasteiger partial charge in [-0.1, -0.05) is 161 Å². The second-order valence-electron chi connectivity index (χ2n) is 15.8. The van der Waals surface area contributed by atoms with Gasteiger partial charge in [-0.25, -0.2) is 4.99 Å². The molecule has 9 aromatic rings. The molecular formula is C51H40N2. The van der Waals surface area contributed by atoms with E-state index in [0.717, 1.165) is 18.7 Å². The number of allylic oxidation sites excluding steroid dienone is 1. The third-order valence-corrected chi connectivity index (χ3v) is 12.8. The molecule has 53 heavy (non-hydrogen) atoms. The van der Waals surface area contributed by atoms with Gasteiger partial charge in [0, 0.05) is 33.1 Å². The highest BCUT2D eigenvalue weighted by atomic mass is 15.1. The molecule has 1 aromatic heterocycles. The molecule has 8 aromatic carbocycles. The molecule has 0 saturated carbocycles. The molecule has 2 unspecified atom stereocenters. The Morgan fingerprint density at radius 3 is 1.92 bits per heavy atom. The van der Waals surface area contributed by atoms with E-state index in [2.05, 4.69) is 177 Å². The summed E-state index contributed by atoms with van der Waals surface area (Å²) in [6.45, 7) is 7.20. The van der Waals surface area contributed by atoms with Crippen LogP contribution in [0.4, 0.5) is 0 Å². The summed E-state index contributed by atoms with van der Waals surface area (Å²) in [5.41, 5.74) is 8.98. The predicted molar refractivity (Wildman–Crippen MR) is 226 cm³/mol. The third kappa shape index (κ3) is 4.24. The summed E-state index contributed by atoms with van der Waals surface area (Å²) in [7, 11) is 0. The van der Waals surface area contributed by atoms with Crippen LogP contribution in [-0.4, -0.2) is 10.4 Å². The summed E-state index contributed by atoms with van der Waals surface area (Å²) in [5, 5.41) is 12.9. The minimum Gasteiger partial charge on any atom is -0.297 e. The molecule has 2 heterocycles. The van der Waals surface area contributed by atoms with Gasteiger partial charge in [0.05, 0.1) is 16.7 Å². The molecule has 2 heteroatoms. The lowest BCUT2D eigenvalue weighted by atomic mass is 9.73. The first-order chi connectivity index (χ1) is 26.0. The molecule has 254 valence electrons. The summed E-state index contributed by atoms with van der Waals surface area (Å²) in [6.07, 6.45) is 2.07. The second kappa shape index (κ2) is 11.3. The minimum absolute atomic E-state index is 0.0905. The Hall–Kier alpha value is -5.99. The van der Waals surface area contributed by atoms with Crippen LogP contribution in [0.1, 0.15) is 56.2 Å². The SMILES string of the molecule is CCC1CC2=C(N=C(n3c4cc5ccccc5cc4c4c5c6ccccc6c6ccccc6c5ccc43)C1c1ccccc1)c1ccccc1C2(C)C. The summed E-state index contributed by atoms with van der Waals surface area (Å²) in [6, 6.07) is 56.6. The molecular weight excluding hydrogens is 641 g/mol. The standard InChI is InChI=1S/C51H40N2/c1-4-31-29-43-49(40-24-14-15-25-42(40)51(43,2)3)52-50(46(31)32-16-6-5-7-17-32)53-44-27-26-39-37-22-11-10-20-35(37)36-21-12-13-23-38(36)47(39)48(44)41-28-33-18-8-9-19-34(33)30-45(41)53/h5-28,30-31,46H,4,29H2,1-3H3. The van der Waals surface area contributed by atoms with Gasteiger partial charge < -0.3 is 0 Å². The van der Waals surface area contributed by atoms with E-state index >= 15 is 0 Å². The fourth-order valence-corrected chi connectivity index (χ4v) is 10.2. The van der Waals surface area contributed by atoms with E-state index in [1.165, 1.54) is 92.9 Å². The summed E-state index contributed by atoms with van der Waals surface area (Å²) < 4.78 is 2.57. The zero-order valence-electron chi connectivity index (χ0n) is 30.4. The molecule has 0 saturated heterocycles. The Labute approximate surface area is 309 Å². The Morgan fingerprint density at radius 1 is 0.585 bits per heavy atom. The quantitative estimate of drug-likeness (QED) is 0.162. The molecule has 0 fully saturated rings. The van der Waals surface area contributed by atoms with Gasteiger partial charge in [0.25, 0.3) is 0 Å². The van der Waals surface area contributed by atoms with Gasteiger partial charge in [-0.15, -0.1) is 0 Å². The van der Waals surface area contributed by atoms with Crippen molar-refractivity contribution in [2.24, 2.45) is 10.9 Å². The maximum atomic E-state index is 6.00. The van der Waals surface area contributed by atoms with Crippen LogP contribution in [0.15, 0.2) is 162 Å². The van der Waals surface area contributed by atoms with Gasteiger partial charge in [0.1, 0.15) is 5.84 Å². The van der Waals surface area contributed by atoms with Crippen LogP contribution in [0, 0.1) is 5.92 Å². The summed E-state index contributed by atoms with van der Waals surface area (Å²) in [4.78, 5) is 6.00. The smallest absolute Gasteiger partial charge is 0.122 e. The molecule has 0 radical (unpaired) electrons. The normalized spacial score (nSPS) is 18.3. The number of hydrogen-bond donors (Lipinski definition) is 0. The topological polar surface area (TPSA) is 17.3 Å². The maximum Gasteiger partial charge on any atom is 0.122 e. The Bertz CT molecular complexity index is 3010. The van der Waals surface area contributed by atoms with E-state index in [1.807, 2.05) is 0 Å². The minimum atomic E-state index is -0.0905. The Balaban J connectivity index is 1.35. The number of fused-ring (bicyclic) bond motifs is 13. The second-order valence-corrected chi connectivity index (χ2v) is 15.8. The maximum absolute atomic E-state index is 6.00. The van der Waals surface area contributed by atoms with Crippen molar-refractivity contribution in [1.82, 2.24) is 4.57 Å². The molecule has 1 aliphatic carbocycles. The highest BCUT2D eigenvalue weighted by Gasteiger charge is 2.43. The molecule has 11 rings (SSSR count). The highest BCUT2D eigenvalue weighted by molar-refractivity contribution is 6.36. The largest absolute Gasteiger partial charge is 0.297 e. The highest BCUT2D eigenvalue weighted by Crippen LogP contribution is 2.54. The van der Waals surface area contributed by atoms with Gasteiger partial charge in [-0.2, -0.15) is 0 Å². The molecule has 0 spiro atoms. The van der Waals surface area contributed by atoms with E-state index < -0.39 is 0 Å². The van der Waals surface area contributed by atoms with Crippen LogP contribution < -0.4 is 0 Å². The first-order valence-electron chi connectivity index (χ1n) is 19.2. The first kappa shape index (κ1) is 30.6.